The van der Waals surface area contributed by atoms with Crippen LogP contribution in [0.15, 0.2) is 91.1 Å². The zero-order chi connectivity index (χ0) is 20.0. The summed E-state index contributed by atoms with van der Waals surface area (Å²) in [5, 5.41) is 2.83. The summed E-state index contributed by atoms with van der Waals surface area (Å²) in [7, 11) is 0. The van der Waals surface area contributed by atoms with Gasteiger partial charge < -0.3 is 10.1 Å². The van der Waals surface area contributed by atoms with Gasteiger partial charge in [0, 0.05) is 23.5 Å². The van der Waals surface area contributed by atoms with Crippen LogP contribution >= 0.6 is 0 Å². The Bertz CT molecular complexity index is 948. The predicted octanol–water partition coefficient (Wildman–Crippen LogP) is 6.06. The van der Waals surface area contributed by atoms with Crippen molar-refractivity contribution in [1.29, 1.82) is 0 Å². The lowest BCUT2D eigenvalue weighted by atomic mass is 10.0. The van der Waals surface area contributed by atoms with Crippen molar-refractivity contribution in [3.8, 4) is 16.9 Å². The van der Waals surface area contributed by atoms with Gasteiger partial charge in [-0.25, -0.2) is 0 Å². The lowest BCUT2D eigenvalue weighted by Crippen LogP contribution is -2.16. The molecule has 1 N–H and O–H groups in total. The number of allylic oxidation sites excluding steroid dienone is 1. The lowest BCUT2D eigenvalue weighted by Gasteiger charge is -2.09. The number of rotatable bonds is 6. The van der Waals surface area contributed by atoms with Crippen LogP contribution in [0.1, 0.15) is 10.4 Å². The molecule has 0 atom stereocenters. The molecular weight excluding hydrogens is 367 g/mol. The molecule has 0 radical (unpaired) electrons. The number of carbonyl (C=O) groups is 1. The minimum absolute atomic E-state index is 0.191. The third-order valence-electron chi connectivity index (χ3n) is 3.85. The van der Waals surface area contributed by atoms with E-state index in [1.165, 1.54) is 36.5 Å². The van der Waals surface area contributed by atoms with Crippen LogP contribution in [0.4, 0.5) is 18.9 Å². The number of carbonyl (C=O) groups excluding carboxylic acids is 1. The molecule has 0 heterocycles. The topological polar surface area (TPSA) is 38.3 Å². The van der Waals surface area contributed by atoms with Gasteiger partial charge in [0.2, 0.25) is 0 Å². The first kappa shape index (κ1) is 19.2. The highest BCUT2D eigenvalue weighted by atomic mass is 19.4. The summed E-state index contributed by atoms with van der Waals surface area (Å²) >= 11 is 0. The Balaban J connectivity index is 1.58. The molecule has 28 heavy (non-hydrogen) atoms. The predicted molar refractivity (Wildman–Crippen MR) is 102 cm³/mol. The van der Waals surface area contributed by atoms with Gasteiger partial charge in [0.25, 0.3) is 0 Å². The fourth-order valence-corrected chi connectivity index (χ4v) is 2.52. The van der Waals surface area contributed by atoms with Crippen LogP contribution in [0.3, 0.4) is 0 Å². The van der Waals surface area contributed by atoms with Gasteiger partial charge in [-0.1, -0.05) is 54.6 Å². The molecular formula is C22H16F3NO2. The Hall–Kier alpha value is -3.54. The van der Waals surface area contributed by atoms with Crippen LogP contribution < -0.4 is 10.1 Å². The summed E-state index contributed by atoms with van der Waals surface area (Å²) in [6.07, 6.45) is -1.93. The zero-order valence-corrected chi connectivity index (χ0v) is 14.6. The minimum Gasteiger partial charge on any atom is -0.406 e. The summed E-state index contributed by atoms with van der Waals surface area (Å²) < 4.78 is 40.2. The van der Waals surface area contributed by atoms with Gasteiger partial charge >= 0.3 is 6.36 Å². The number of hydrogen-bond donors (Lipinski definition) is 1. The minimum atomic E-state index is -4.72. The second-order valence-electron chi connectivity index (χ2n) is 5.86. The molecule has 142 valence electrons. The maximum Gasteiger partial charge on any atom is 0.573 e. The molecule has 0 amide bonds. The van der Waals surface area contributed by atoms with E-state index in [9.17, 15) is 18.0 Å². The number of ether oxygens (including phenoxy) is 1. The van der Waals surface area contributed by atoms with Gasteiger partial charge in [0.15, 0.2) is 5.78 Å². The Morgan fingerprint density at radius 3 is 2.04 bits per heavy atom. The molecule has 3 aromatic rings. The Morgan fingerprint density at radius 2 is 1.43 bits per heavy atom. The van der Waals surface area contributed by atoms with Crippen molar-refractivity contribution in [2.75, 3.05) is 5.32 Å². The van der Waals surface area contributed by atoms with E-state index in [1.807, 2.05) is 42.5 Å². The fraction of sp³-hybridized carbons (Fsp3) is 0.0455. The van der Waals surface area contributed by atoms with Crippen molar-refractivity contribution < 1.29 is 22.7 Å². The second-order valence-corrected chi connectivity index (χ2v) is 5.86. The summed E-state index contributed by atoms with van der Waals surface area (Å²) in [6.45, 7) is 0. The number of hydrogen-bond acceptors (Lipinski definition) is 3. The average molecular weight is 383 g/mol. The van der Waals surface area contributed by atoms with Crippen LogP contribution in [0, 0.1) is 0 Å². The quantitative estimate of drug-likeness (QED) is 0.415. The van der Waals surface area contributed by atoms with Crippen LogP contribution in [0.2, 0.25) is 0 Å². The van der Waals surface area contributed by atoms with Gasteiger partial charge in [-0.2, -0.15) is 0 Å². The van der Waals surface area contributed by atoms with Gasteiger partial charge in [0.05, 0.1) is 0 Å². The van der Waals surface area contributed by atoms with Crippen molar-refractivity contribution in [1.82, 2.24) is 0 Å². The van der Waals surface area contributed by atoms with Crippen LogP contribution in [0.25, 0.3) is 11.1 Å². The molecule has 3 nitrogen and oxygen atoms in total. The fourth-order valence-electron chi connectivity index (χ4n) is 2.52. The highest BCUT2D eigenvalue weighted by molar-refractivity contribution is 6.04. The number of benzene rings is 3. The van der Waals surface area contributed by atoms with Crippen molar-refractivity contribution in [2.24, 2.45) is 0 Å². The molecule has 0 bridgehead atoms. The number of halogens is 3. The third kappa shape index (κ3) is 5.48. The van der Waals surface area contributed by atoms with E-state index in [-0.39, 0.29) is 11.5 Å². The molecule has 0 aliphatic carbocycles. The first-order valence-electron chi connectivity index (χ1n) is 8.39. The molecule has 0 aliphatic heterocycles. The second kappa shape index (κ2) is 8.43. The summed E-state index contributed by atoms with van der Waals surface area (Å²) in [6, 6.07) is 22.3. The molecule has 0 aliphatic rings. The summed E-state index contributed by atoms with van der Waals surface area (Å²) in [5.41, 5.74) is 3.14. The molecule has 0 aromatic heterocycles. The van der Waals surface area contributed by atoms with Crippen molar-refractivity contribution in [2.45, 2.75) is 6.36 Å². The largest absolute Gasteiger partial charge is 0.573 e. The highest BCUT2D eigenvalue weighted by Crippen LogP contribution is 2.24. The lowest BCUT2D eigenvalue weighted by molar-refractivity contribution is -0.274. The molecule has 0 spiro atoms. The summed E-state index contributed by atoms with van der Waals surface area (Å²) in [4.78, 5) is 12.2. The maximum atomic E-state index is 12.2. The van der Waals surface area contributed by atoms with E-state index in [4.69, 9.17) is 0 Å². The number of nitrogens with one attached hydrogen (secondary N) is 1. The van der Waals surface area contributed by atoms with E-state index in [0.717, 1.165) is 11.1 Å². The van der Waals surface area contributed by atoms with Crippen LogP contribution in [0.5, 0.6) is 5.75 Å². The summed E-state index contributed by atoms with van der Waals surface area (Å²) in [5.74, 6) is -0.499. The molecule has 0 unspecified atom stereocenters. The van der Waals surface area contributed by atoms with Gasteiger partial charge in [-0.3, -0.25) is 4.79 Å². The van der Waals surface area contributed by atoms with E-state index in [0.29, 0.717) is 11.3 Å². The van der Waals surface area contributed by atoms with Crippen LogP contribution in [-0.2, 0) is 0 Å². The molecule has 3 rings (SSSR count). The maximum absolute atomic E-state index is 12.2. The molecule has 6 heteroatoms. The van der Waals surface area contributed by atoms with Gasteiger partial charge in [-0.15, -0.1) is 13.2 Å². The van der Waals surface area contributed by atoms with Crippen molar-refractivity contribution in [3.63, 3.8) is 0 Å². The van der Waals surface area contributed by atoms with Gasteiger partial charge in [0.1, 0.15) is 5.75 Å². The van der Waals surface area contributed by atoms with E-state index >= 15 is 0 Å². The van der Waals surface area contributed by atoms with Crippen molar-refractivity contribution in [3.05, 3.63) is 96.7 Å². The monoisotopic (exact) mass is 383 g/mol. The normalized spacial score (nSPS) is 11.4. The zero-order valence-electron chi connectivity index (χ0n) is 14.6. The third-order valence-corrected chi connectivity index (χ3v) is 3.85. The Morgan fingerprint density at radius 1 is 0.821 bits per heavy atom. The standard InChI is InChI=1S/C22H16F3NO2/c23-22(24,25)28-20-12-10-19(11-13-20)26-15-14-21(27)18-8-6-17(7-9-18)16-4-2-1-3-5-16/h1-15,26H/b15-14-. The average Bonchev–Trinajstić information content (AvgIpc) is 2.69. The molecule has 0 fully saturated rings. The van der Waals surface area contributed by atoms with E-state index in [1.54, 1.807) is 12.1 Å². The highest BCUT2D eigenvalue weighted by Gasteiger charge is 2.30. The van der Waals surface area contributed by atoms with Crippen LogP contribution in [-0.4, -0.2) is 12.1 Å². The van der Waals surface area contributed by atoms with E-state index < -0.39 is 6.36 Å². The number of alkyl halides is 3. The van der Waals surface area contributed by atoms with E-state index in [2.05, 4.69) is 10.1 Å². The number of anilines is 1. The van der Waals surface area contributed by atoms with Gasteiger partial charge in [-0.05, 0) is 35.4 Å². The Labute approximate surface area is 160 Å². The first-order chi connectivity index (χ1) is 13.4. The Kier molecular flexibility index (Phi) is 5.79. The molecule has 0 saturated carbocycles. The molecule has 0 saturated heterocycles. The molecule has 3 aromatic carbocycles. The number of ketones is 1. The van der Waals surface area contributed by atoms with Crippen molar-refractivity contribution >= 4 is 11.5 Å². The first-order valence-corrected chi connectivity index (χ1v) is 8.39. The smallest absolute Gasteiger partial charge is 0.406 e. The SMILES string of the molecule is O=C(/C=C\Nc1ccc(OC(F)(F)F)cc1)c1ccc(-c2ccccc2)cc1.